The van der Waals surface area contributed by atoms with Gasteiger partial charge in [-0.2, -0.15) is 9.57 Å². The Morgan fingerprint density at radius 2 is 1.98 bits per heavy atom. The fourth-order valence-electron chi connectivity index (χ4n) is 6.59. The third-order valence-electron chi connectivity index (χ3n) is 9.28. The lowest BCUT2D eigenvalue weighted by atomic mass is 9.83. The zero-order chi connectivity index (χ0) is 35.1. The summed E-state index contributed by atoms with van der Waals surface area (Å²) in [7, 11) is -0.643. The van der Waals surface area contributed by atoms with Crippen LogP contribution in [-0.4, -0.2) is 101 Å². The molecule has 2 fully saturated rings. The number of fused-ring (bicyclic) bond motifs is 1. The lowest BCUT2D eigenvalue weighted by molar-refractivity contribution is -0.121. The minimum absolute atomic E-state index is 0.00740. The Morgan fingerprint density at radius 3 is 2.63 bits per heavy atom. The second-order valence-corrected chi connectivity index (χ2v) is 13.6. The predicted molar refractivity (Wildman–Crippen MR) is 174 cm³/mol. The monoisotopic (exact) mass is 693 g/mol. The van der Waals surface area contributed by atoms with Crippen LogP contribution in [0.25, 0.3) is 0 Å². The SMILES string of the molecule is CCOc1ncccc1C1(NC(=O)N(C)C2CN(C3CCNC3)C2)C(=O)N(S(=O)(=O)c2ccc(OC)cc2OC)c2cc(F)c(C#N)cc21. The number of nitrogens with zero attached hydrogens (tertiary/aromatic N) is 5. The molecule has 6 rings (SSSR count). The standard InChI is InChI=1S/C33H36FN7O7S/c1-5-48-30-24(7-6-11-37-30)33(38-32(43)39(2)22-18-40(19-22)21-10-12-36-17-21)25-13-20(16-35)26(34)15-27(25)41(31(33)42)49(44,45)29-9-8-23(46-3)14-28(29)47-4/h6-9,11,13-15,21-22,36H,5,10,12,17-19H2,1-4H3,(H,38,43). The van der Waals surface area contributed by atoms with Crippen molar-refractivity contribution in [1.82, 2.24) is 25.4 Å². The summed E-state index contributed by atoms with van der Waals surface area (Å²) in [6.07, 6.45) is 2.42. The number of hydrogen-bond acceptors (Lipinski definition) is 11. The van der Waals surface area contributed by atoms with Crippen molar-refractivity contribution in [3.63, 3.8) is 0 Å². The van der Waals surface area contributed by atoms with Crippen molar-refractivity contribution in [2.45, 2.75) is 35.9 Å². The highest BCUT2D eigenvalue weighted by molar-refractivity contribution is 7.93. The summed E-state index contributed by atoms with van der Waals surface area (Å²) in [6.45, 7) is 4.80. The van der Waals surface area contributed by atoms with Crippen molar-refractivity contribution in [3.8, 4) is 23.4 Å². The molecule has 1 aromatic heterocycles. The number of ether oxygens (including phenoxy) is 3. The van der Waals surface area contributed by atoms with E-state index >= 15 is 9.18 Å². The Balaban J connectivity index is 1.52. The molecule has 258 valence electrons. The number of carbonyl (C=O) groups excluding carboxylic acids is 2. The molecule has 2 saturated heterocycles. The van der Waals surface area contributed by atoms with Crippen LogP contribution >= 0.6 is 0 Å². The van der Waals surface area contributed by atoms with E-state index in [1.54, 1.807) is 20.0 Å². The maximum absolute atomic E-state index is 15.4. The average molecular weight is 694 g/mol. The van der Waals surface area contributed by atoms with Crippen molar-refractivity contribution >= 4 is 27.6 Å². The molecule has 0 aliphatic carbocycles. The largest absolute Gasteiger partial charge is 0.497 e. The van der Waals surface area contributed by atoms with Crippen LogP contribution < -0.4 is 29.1 Å². The number of likely N-dealkylation sites (tertiary alicyclic amines) is 1. The lowest BCUT2D eigenvalue weighted by Crippen LogP contribution is -2.66. The molecule has 3 amide bonds. The smallest absolute Gasteiger partial charge is 0.318 e. The molecule has 49 heavy (non-hydrogen) atoms. The van der Waals surface area contributed by atoms with Crippen LogP contribution in [0.1, 0.15) is 30.0 Å². The van der Waals surface area contributed by atoms with Gasteiger partial charge in [0.05, 0.1) is 43.7 Å². The highest BCUT2D eigenvalue weighted by Gasteiger charge is 2.60. The maximum atomic E-state index is 15.4. The van der Waals surface area contributed by atoms with E-state index < -0.39 is 49.5 Å². The predicted octanol–water partition coefficient (Wildman–Crippen LogP) is 2.17. The number of rotatable bonds is 10. The van der Waals surface area contributed by atoms with E-state index in [1.165, 1.54) is 55.6 Å². The number of nitriles is 1. The van der Waals surface area contributed by atoms with Gasteiger partial charge in [0.25, 0.3) is 15.9 Å². The first kappa shape index (κ1) is 33.9. The zero-order valence-electron chi connectivity index (χ0n) is 27.4. The van der Waals surface area contributed by atoms with E-state index in [-0.39, 0.29) is 41.2 Å². The molecule has 14 nitrogen and oxygen atoms in total. The fourth-order valence-corrected chi connectivity index (χ4v) is 8.19. The molecule has 3 aliphatic rings. The van der Waals surface area contributed by atoms with Gasteiger partial charge in [-0.3, -0.25) is 9.69 Å². The van der Waals surface area contributed by atoms with E-state index in [1.807, 2.05) is 0 Å². The number of anilines is 1. The van der Waals surface area contributed by atoms with Crippen LogP contribution in [0.2, 0.25) is 0 Å². The Morgan fingerprint density at radius 1 is 1.20 bits per heavy atom. The summed E-state index contributed by atoms with van der Waals surface area (Å²) in [6, 6.07) is 9.95. The van der Waals surface area contributed by atoms with Gasteiger partial charge in [-0.05, 0) is 50.2 Å². The van der Waals surface area contributed by atoms with Crippen molar-refractivity contribution in [3.05, 3.63) is 71.2 Å². The number of urea groups is 1. The normalized spacial score (nSPS) is 20.7. The molecule has 3 aliphatic heterocycles. The van der Waals surface area contributed by atoms with Gasteiger partial charge in [0.2, 0.25) is 5.88 Å². The van der Waals surface area contributed by atoms with Crippen molar-refractivity contribution in [2.24, 2.45) is 0 Å². The fraction of sp³-hybridized carbons (Fsp3) is 0.394. The topological polar surface area (TPSA) is 166 Å². The molecule has 0 radical (unpaired) electrons. The summed E-state index contributed by atoms with van der Waals surface area (Å²) in [5.41, 5.74) is -3.37. The van der Waals surface area contributed by atoms with E-state index in [2.05, 4.69) is 20.5 Å². The van der Waals surface area contributed by atoms with Gasteiger partial charge in [-0.25, -0.2) is 22.6 Å². The Labute approximate surface area is 283 Å². The van der Waals surface area contributed by atoms with Gasteiger partial charge in [0, 0.05) is 56.6 Å². The number of halogens is 1. The minimum Gasteiger partial charge on any atom is -0.497 e. The number of likely N-dealkylation sites (N-methyl/N-ethyl adjacent to an activating group) is 1. The molecule has 2 N–H and O–H groups in total. The van der Waals surface area contributed by atoms with E-state index in [9.17, 15) is 18.5 Å². The van der Waals surface area contributed by atoms with Gasteiger partial charge < -0.3 is 29.7 Å². The number of hydrogen-bond donors (Lipinski definition) is 2. The molecule has 16 heteroatoms. The number of methoxy groups -OCH3 is 2. The average Bonchev–Trinajstić information content (AvgIpc) is 3.68. The number of aromatic nitrogens is 1. The van der Waals surface area contributed by atoms with Crippen LogP contribution in [0.3, 0.4) is 0 Å². The Hall–Kier alpha value is -4.98. The second-order valence-electron chi connectivity index (χ2n) is 11.9. The third kappa shape index (κ3) is 5.57. The number of pyridine rings is 1. The van der Waals surface area contributed by atoms with Crippen molar-refractivity contribution in [1.29, 1.82) is 5.26 Å². The van der Waals surface area contributed by atoms with Crippen LogP contribution in [0, 0.1) is 17.1 Å². The lowest BCUT2D eigenvalue weighted by Gasteiger charge is -2.47. The van der Waals surface area contributed by atoms with Gasteiger partial charge in [-0.15, -0.1) is 0 Å². The van der Waals surface area contributed by atoms with Crippen molar-refractivity contribution in [2.75, 3.05) is 58.4 Å². The Bertz CT molecular complexity index is 1940. The zero-order valence-corrected chi connectivity index (χ0v) is 28.2. The molecule has 2 atom stereocenters. The van der Waals surface area contributed by atoms with E-state index in [4.69, 9.17) is 14.2 Å². The molecule has 4 heterocycles. The quantitative estimate of drug-likeness (QED) is 0.320. The minimum atomic E-state index is -4.88. The highest BCUT2D eigenvalue weighted by atomic mass is 32.2. The first-order valence-corrected chi connectivity index (χ1v) is 17.1. The maximum Gasteiger partial charge on any atom is 0.318 e. The van der Waals surface area contributed by atoms with Crippen LogP contribution in [0.4, 0.5) is 14.9 Å². The summed E-state index contributed by atoms with van der Waals surface area (Å²) >= 11 is 0. The van der Waals surface area contributed by atoms with Crippen molar-refractivity contribution < 1.29 is 36.6 Å². The molecule has 2 aromatic carbocycles. The number of sulfonamides is 1. The van der Waals surface area contributed by atoms with Crippen LogP contribution in [0.15, 0.2) is 53.6 Å². The molecular weight excluding hydrogens is 657 g/mol. The third-order valence-corrected chi connectivity index (χ3v) is 11.0. The summed E-state index contributed by atoms with van der Waals surface area (Å²) in [4.78, 5) is 36.9. The highest BCUT2D eigenvalue weighted by Crippen LogP contribution is 2.50. The first-order valence-electron chi connectivity index (χ1n) is 15.7. The molecule has 3 aromatic rings. The van der Waals surface area contributed by atoms with Gasteiger partial charge in [-0.1, -0.05) is 0 Å². The number of nitrogens with one attached hydrogen (secondary N) is 2. The number of benzene rings is 2. The van der Waals surface area contributed by atoms with E-state index in [0.29, 0.717) is 23.4 Å². The summed E-state index contributed by atoms with van der Waals surface area (Å²) in [5, 5.41) is 16.0. The molecular formula is C33H36FN7O7S. The van der Waals surface area contributed by atoms with Gasteiger partial charge in [0.1, 0.15) is 28.3 Å². The van der Waals surface area contributed by atoms with Crippen LogP contribution in [0.5, 0.6) is 17.4 Å². The molecule has 0 spiro atoms. The van der Waals surface area contributed by atoms with Gasteiger partial charge in [0.15, 0.2) is 5.54 Å². The summed E-state index contributed by atoms with van der Waals surface area (Å²) in [5.74, 6) is -2.17. The van der Waals surface area contributed by atoms with Gasteiger partial charge >= 0.3 is 6.03 Å². The second kappa shape index (κ2) is 13.1. The van der Waals surface area contributed by atoms with Crippen LogP contribution in [-0.2, 0) is 20.4 Å². The first-order chi connectivity index (χ1) is 23.5. The van der Waals surface area contributed by atoms with E-state index in [0.717, 1.165) is 31.6 Å². The molecule has 0 bridgehead atoms. The number of carbonyl (C=O) groups is 2. The summed E-state index contributed by atoms with van der Waals surface area (Å²) < 4.78 is 61.3. The Kier molecular flexibility index (Phi) is 9.09. The molecule has 2 unspecified atom stereocenters. The molecule has 0 saturated carbocycles. The number of amides is 3.